The van der Waals surface area contributed by atoms with Gasteiger partial charge in [-0.25, -0.2) is 17.5 Å². The third kappa shape index (κ3) is 3.78. The molecule has 0 spiro atoms. The van der Waals surface area contributed by atoms with Crippen molar-refractivity contribution < 1.29 is 12.8 Å². The topological polar surface area (TPSA) is 46.2 Å². The quantitative estimate of drug-likeness (QED) is 0.866. The summed E-state index contributed by atoms with van der Waals surface area (Å²) >= 11 is 0. The standard InChI is InChI=1S/C13H20FNO2S/c1-4-11(5-2)10(3)15-18(16,17)13-8-6-12(14)7-9-13/h6-11,15H,4-5H2,1-3H3. The Hall–Kier alpha value is -0.940. The largest absolute Gasteiger partial charge is 0.240 e. The summed E-state index contributed by atoms with van der Waals surface area (Å²) in [5.41, 5.74) is 0. The van der Waals surface area contributed by atoms with Crippen LogP contribution < -0.4 is 4.72 Å². The summed E-state index contributed by atoms with van der Waals surface area (Å²) in [6, 6.07) is 4.72. The fourth-order valence-electron chi connectivity index (χ4n) is 2.02. The maximum absolute atomic E-state index is 12.8. The molecule has 1 N–H and O–H groups in total. The summed E-state index contributed by atoms with van der Waals surface area (Å²) in [6.07, 6.45) is 1.84. The van der Waals surface area contributed by atoms with Gasteiger partial charge in [0.25, 0.3) is 0 Å². The van der Waals surface area contributed by atoms with Crippen molar-refractivity contribution in [3.05, 3.63) is 30.1 Å². The molecule has 0 amide bonds. The number of hydrogen-bond acceptors (Lipinski definition) is 2. The van der Waals surface area contributed by atoms with E-state index in [-0.39, 0.29) is 10.9 Å². The van der Waals surface area contributed by atoms with E-state index >= 15 is 0 Å². The van der Waals surface area contributed by atoms with Crippen LogP contribution in [-0.4, -0.2) is 14.5 Å². The molecule has 0 heterocycles. The highest BCUT2D eigenvalue weighted by Gasteiger charge is 2.21. The fourth-order valence-corrected chi connectivity index (χ4v) is 3.33. The molecule has 1 rings (SSSR count). The van der Waals surface area contributed by atoms with Gasteiger partial charge in [-0.05, 0) is 37.1 Å². The van der Waals surface area contributed by atoms with Crippen molar-refractivity contribution in [2.24, 2.45) is 5.92 Å². The molecule has 1 atom stereocenters. The minimum Gasteiger partial charge on any atom is -0.208 e. The van der Waals surface area contributed by atoms with Crippen LogP contribution in [0.25, 0.3) is 0 Å². The lowest BCUT2D eigenvalue weighted by Crippen LogP contribution is -2.37. The number of halogens is 1. The smallest absolute Gasteiger partial charge is 0.208 e. The average molecular weight is 273 g/mol. The van der Waals surface area contributed by atoms with Gasteiger partial charge >= 0.3 is 0 Å². The van der Waals surface area contributed by atoms with Crippen LogP contribution in [-0.2, 0) is 10.0 Å². The summed E-state index contributed by atoms with van der Waals surface area (Å²) in [4.78, 5) is 0.0988. The zero-order valence-corrected chi connectivity index (χ0v) is 11.8. The van der Waals surface area contributed by atoms with E-state index in [1.165, 1.54) is 12.1 Å². The van der Waals surface area contributed by atoms with Gasteiger partial charge in [0.1, 0.15) is 5.82 Å². The molecule has 1 aromatic carbocycles. The van der Waals surface area contributed by atoms with Gasteiger partial charge in [-0.3, -0.25) is 0 Å². The zero-order valence-electron chi connectivity index (χ0n) is 11.0. The zero-order chi connectivity index (χ0) is 13.8. The van der Waals surface area contributed by atoms with Crippen molar-refractivity contribution in [1.82, 2.24) is 4.72 Å². The van der Waals surface area contributed by atoms with Crippen molar-refractivity contribution in [3.8, 4) is 0 Å². The van der Waals surface area contributed by atoms with Crippen LogP contribution in [0.1, 0.15) is 33.6 Å². The van der Waals surface area contributed by atoms with Gasteiger partial charge in [-0.1, -0.05) is 26.7 Å². The van der Waals surface area contributed by atoms with Crippen LogP contribution >= 0.6 is 0 Å². The normalized spacial score (nSPS) is 13.8. The molecule has 0 fully saturated rings. The minimum atomic E-state index is -3.56. The monoisotopic (exact) mass is 273 g/mol. The van der Waals surface area contributed by atoms with Crippen molar-refractivity contribution in [1.29, 1.82) is 0 Å². The Morgan fingerprint density at radius 2 is 1.67 bits per heavy atom. The molecule has 1 aromatic rings. The predicted molar refractivity (Wildman–Crippen MR) is 70.3 cm³/mol. The summed E-state index contributed by atoms with van der Waals surface area (Å²) in [6.45, 7) is 5.94. The van der Waals surface area contributed by atoms with Gasteiger partial charge in [0, 0.05) is 6.04 Å². The van der Waals surface area contributed by atoms with Gasteiger partial charge in [-0.15, -0.1) is 0 Å². The summed E-state index contributed by atoms with van der Waals surface area (Å²) in [5.74, 6) is -0.137. The van der Waals surface area contributed by atoms with Crippen LogP contribution in [0.15, 0.2) is 29.2 Å². The molecule has 0 saturated heterocycles. The predicted octanol–water partition coefficient (Wildman–Crippen LogP) is 2.93. The van der Waals surface area contributed by atoms with Crippen LogP contribution in [0.3, 0.4) is 0 Å². The third-order valence-electron chi connectivity index (χ3n) is 3.22. The van der Waals surface area contributed by atoms with Gasteiger partial charge in [0.05, 0.1) is 4.90 Å². The van der Waals surface area contributed by atoms with Crippen LogP contribution in [0.5, 0.6) is 0 Å². The molecule has 18 heavy (non-hydrogen) atoms. The molecule has 0 aliphatic rings. The van der Waals surface area contributed by atoms with Crippen LogP contribution in [0.2, 0.25) is 0 Å². The Kier molecular flexibility index (Phi) is 5.28. The first-order valence-electron chi connectivity index (χ1n) is 6.18. The van der Waals surface area contributed by atoms with Crippen molar-refractivity contribution in [2.75, 3.05) is 0 Å². The highest BCUT2D eigenvalue weighted by molar-refractivity contribution is 7.89. The van der Waals surface area contributed by atoms with Gasteiger partial charge in [0.15, 0.2) is 0 Å². The van der Waals surface area contributed by atoms with Crippen molar-refractivity contribution in [3.63, 3.8) is 0 Å². The van der Waals surface area contributed by atoms with E-state index in [4.69, 9.17) is 0 Å². The maximum Gasteiger partial charge on any atom is 0.240 e. The van der Waals surface area contributed by atoms with Crippen LogP contribution in [0.4, 0.5) is 4.39 Å². The van der Waals surface area contributed by atoms with Gasteiger partial charge in [-0.2, -0.15) is 0 Å². The molecule has 0 bridgehead atoms. The maximum atomic E-state index is 12.8. The highest BCUT2D eigenvalue weighted by atomic mass is 32.2. The Labute approximate surface area is 108 Å². The molecule has 0 aliphatic heterocycles. The second kappa shape index (κ2) is 6.29. The summed E-state index contributed by atoms with van der Waals surface area (Å²) in [5, 5.41) is 0. The Bertz CT molecular complexity index is 466. The van der Waals surface area contributed by atoms with Crippen LogP contribution in [0, 0.1) is 11.7 Å². The Balaban J connectivity index is 2.85. The molecule has 0 saturated carbocycles. The average Bonchev–Trinajstić information content (AvgIpc) is 2.30. The number of benzene rings is 1. The van der Waals surface area contributed by atoms with E-state index in [0.29, 0.717) is 5.92 Å². The summed E-state index contributed by atoms with van der Waals surface area (Å²) < 4.78 is 39.5. The molecule has 0 aromatic heterocycles. The SMILES string of the molecule is CCC(CC)C(C)NS(=O)(=O)c1ccc(F)cc1. The lowest BCUT2D eigenvalue weighted by atomic mass is 9.96. The second-order valence-corrected chi connectivity index (χ2v) is 6.15. The molecular weight excluding hydrogens is 253 g/mol. The molecule has 0 aliphatic carbocycles. The molecule has 1 unspecified atom stereocenters. The van der Waals surface area contributed by atoms with Gasteiger partial charge < -0.3 is 0 Å². The number of hydrogen-bond donors (Lipinski definition) is 1. The molecule has 0 radical (unpaired) electrons. The van der Waals surface area contributed by atoms with E-state index in [1.807, 2.05) is 20.8 Å². The molecular formula is C13H20FNO2S. The Morgan fingerprint density at radius 3 is 2.11 bits per heavy atom. The molecule has 3 nitrogen and oxygen atoms in total. The van der Waals surface area contributed by atoms with E-state index in [0.717, 1.165) is 25.0 Å². The first-order valence-corrected chi connectivity index (χ1v) is 7.67. The van der Waals surface area contributed by atoms with E-state index in [1.54, 1.807) is 0 Å². The third-order valence-corrected chi connectivity index (χ3v) is 4.80. The highest BCUT2D eigenvalue weighted by Crippen LogP contribution is 2.16. The lowest BCUT2D eigenvalue weighted by molar-refractivity contribution is 0.390. The molecule has 5 heteroatoms. The van der Waals surface area contributed by atoms with Gasteiger partial charge in [0.2, 0.25) is 10.0 Å². The van der Waals surface area contributed by atoms with E-state index in [2.05, 4.69) is 4.72 Å². The summed E-state index contributed by atoms with van der Waals surface area (Å²) in [7, 11) is -3.56. The van der Waals surface area contributed by atoms with E-state index < -0.39 is 15.8 Å². The minimum absolute atomic E-state index is 0.0988. The van der Waals surface area contributed by atoms with Crippen molar-refractivity contribution >= 4 is 10.0 Å². The Morgan fingerprint density at radius 1 is 1.17 bits per heavy atom. The van der Waals surface area contributed by atoms with Crippen molar-refractivity contribution in [2.45, 2.75) is 44.6 Å². The number of sulfonamides is 1. The first kappa shape index (κ1) is 15.1. The number of rotatable bonds is 6. The second-order valence-electron chi connectivity index (χ2n) is 4.44. The first-order chi connectivity index (χ1) is 8.40. The van der Waals surface area contributed by atoms with E-state index in [9.17, 15) is 12.8 Å². The fraction of sp³-hybridized carbons (Fsp3) is 0.538. The lowest BCUT2D eigenvalue weighted by Gasteiger charge is -2.22. The molecule has 102 valence electrons. The number of nitrogens with one attached hydrogen (secondary N) is 1.